The first-order valence-electron chi connectivity index (χ1n) is 7.44. The molecule has 0 aliphatic heterocycles. The molecule has 3 heteroatoms. The standard InChI is InChI=1S/C15H26O3/c16-14-12-11-13(14)9-7-5-3-1-2-4-6-8-10-15(17)18/h13H,1-12H2,(H,17,18)/t13-/m1/s1. The fourth-order valence-electron chi connectivity index (χ4n) is 2.50. The van der Waals surface area contributed by atoms with Gasteiger partial charge in [-0.1, -0.05) is 44.9 Å². The molecule has 1 aliphatic carbocycles. The predicted octanol–water partition coefficient (Wildman–Crippen LogP) is 3.95. The van der Waals surface area contributed by atoms with Gasteiger partial charge in [0.1, 0.15) is 5.78 Å². The van der Waals surface area contributed by atoms with E-state index < -0.39 is 5.97 Å². The zero-order chi connectivity index (χ0) is 13.2. The summed E-state index contributed by atoms with van der Waals surface area (Å²) >= 11 is 0. The fraction of sp³-hybridized carbons (Fsp3) is 0.867. The summed E-state index contributed by atoms with van der Waals surface area (Å²) in [7, 11) is 0. The number of aliphatic carboxylic acids is 1. The van der Waals surface area contributed by atoms with Gasteiger partial charge in [0, 0.05) is 18.8 Å². The smallest absolute Gasteiger partial charge is 0.303 e. The normalized spacial score (nSPS) is 18.7. The van der Waals surface area contributed by atoms with E-state index in [9.17, 15) is 9.59 Å². The molecule has 0 unspecified atom stereocenters. The maximum Gasteiger partial charge on any atom is 0.303 e. The number of Topliss-reactive ketones (excluding diaryl/α,β-unsaturated/α-hetero) is 1. The molecular weight excluding hydrogens is 228 g/mol. The van der Waals surface area contributed by atoms with Gasteiger partial charge in [0.15, 0.2) is 0 Å². The summed E-state index contributed by atoms with van der Waals surface area (Å²) in [4.78, 5) is 21.4. The molecule has 0 radical (unpaired) electrons. The van der Waals surface area contributed by atoms with E-state index in [4.69, 9.17) is 5.11 Å². The highest BCUT2D eigenvalue weighted by Gasteiger charge is 2.26. The molecule has 1 aliphatic rings. The number of carboxylic acid groups (broad SMARTS) is 1. The predicted molar refractivity (Wildman–Crippen MR) is 71.5 cm³/mol. The maximum absolute atomic E-state index is 11.1. The van der Waals surface area contributed by atoms with E-state index in [-0.39, 0.29) is 0 Å². The Morgan fingerprint density at radius 1 is 1.00 bits per heavy atom. The molecular formula is C15H26O3. The van der Waals surface area contributed by atoms with Crippen molar-refractivity contribution in [2.75, 3.05) is 0 Å². The summed E-state index contributed by atoms with van der Waals surface area (Å²) in [6.45, 7) is 0. The lowest BCUT2D eigenvalue weighted by Crippen LogP contribution is -2.25. The summed E-state index contributed by atoms with van der Waals surface area (Å²) in [5, 5.41) is 8.48. The van der Waals surface area contributed by atoms with Gasteiger partial charge in [0.25, 0.3) is 0 Å². The van der Waals surface area contributed by atoms with E-state index >= 15 is 0 Å². The molecule has 1 atom stereocenters. The van der Waals surface area contributed by atoms with Crippen molar-refractivity contribution in [2.45, 2.75) is 77.0 Å². The molecule has 104 valence electrons. The molecule has 0 saturated heterocycles. The van der Waals surface area contributed by atoms with Crippen LogP contribution in [0.2, 0.25) is 0 Å². The molecule has 1 saturated carbocycles. The quantitative estimate of drug-likeness (QED) is 0.568. The van der Waals surface area contributed by atoms with Gasteiger partial charge in [-0.15, -0.1) is 0 Å². The van der Waals surface area contributed by atoms with Crippen LogP contribution in [0.5, 0.6) is 0 Å². The monoisotopic (exact) mass is 254 g/mol. The van der Waals surface area contributed by atoms with Crippen molar-refractivity contribution in [1.82, 2.24) is 0 Å². The van der Waals surface area contributed by atoms with Crippen LogP contribution in [0.25, 0.3) is 0 Å². The number of hydrogen-bond acceptors (Lipinski definition) is 2. The van der Waals surface area contributed by atoms with Crippen molar-refractivity contribution >= 4 is 11.8 Å². The van der Waals surface area contributed by atoms with E-state index in [2.05, 4.69) is 0 Å². The zero-order valence-corrected chi connectivity index (χ0v) is 11.3. The number of rotatable bonds is 11. The number of unbranched alkanes of at least 4 members (excludes halogenated alkanes) is 7. The minimum atomic E-state index is -0.680. The number of carbonyl (C=O) groups is 2. The van der Waals surface area contributed by atoms with Crippen molar-refractivity contribution in [1.29, 1.82) is 0 Å². The number of carboxylic acids is 1. The summed E-state index contributed by atoms with van der Waals surface area (Å²) in [5.74, 6) is 0.204. The first kappa shape index (κ1) is 15.2. The van der Waals surface area contributed by atoms with Gasteiger partial charge in [-0.25, -0.2) is 0 Å². The Hall–Kier alpha value is -0.860. The van der Waals surface area contributed by atoms with Crippen LogP contribution in [0.4, 0.5) is 0 Å². The second-order valence-electron chi connectivity index (χ2n) is 5.46. The van der Waals surface area contributed by atoms with Gasteiger partial charge < -0.3 is 5.11 Å². The minimum Gasteiger partial charge on any atom is -0.481 e. The molecule has 0 aromatic rings. The maximum atomic E-state index is 11.1. The molecule has 3 nitrogen and oxygen atoms in total. The summed E-state index contributed by atoms with van der Waals surface area (Å²) in [5.41, 5.74) is 0. The summed E-state index contributed by atoms with van der Waals surface area (Å²) < 4.78 is 0. The molecule has 0 aromatic carbocycles. The van der Waals surface area contributed by atoms with Crippen molar-refractivity contribution < 1.29 is 14.7 Å². The molecule has 0 aromatic heterocycles. The van der Waals surface area contributed by atoms with E-state index in [1.807, 2.05) is 0 Å². The van der Waals surface area contributed by atoms with Crippen molar-refractivity contribution in [3.8, 4) is 0 Å². The molecule has 1 N–H and O–H groups in total. The average Bonchev–Trinajstić information content (AvgIpc) is 2.33. The Morgan fingerprint density at radius 2 is 1.56 bits per heavy atom. The second kappa shape index (κ2) is 9.12. The van der Waals surface area contributed by atoms with E-state index in [1.165, 1.54) is 32.1 Å². The zero-order valence-electron chi connectivity index (χ0n) is 11.3. The molecule has 18 heavy (non-hydrogen) atoms. The molecule has 0 bridgehead atoms. The topological polar surface area (TPSA) is 54.4 Å². The largest absolute Gasteiger partial charge is 0.481 e. The van der Waals surface area contributed by atoms with Gasteiger partial charge in [-0.2, -0.15) is 0 Å². The van der Waals surface area contributed by atoms with Crippen molar-refractivity contribution in [3.63, 3.8) is 0 Å². The highest BCUT2D eigenvalue weighted by atomic mass is 16.4. The average molecular weight is 254 g/mol. The third kappa shape index (κ3) is 6.77. The van der Waals surface area contributed by atoms with Crippen LogP contribution in [0.1, 0.15) is 77.0 Å². The fourth-order valence-corrected chi connectivity index (χ4v) is 2.50. The minimum absolute atomic E-state index is 0.315. The van der Waals surface area contributed by atoms with Gasteiger partial charge in [-0.3, -0.25) is 9.59 Å². The van der Waals surface area contributed by atoms with Gasteiger partial charge >= 0.3 is 5.97 Å². The first-order valence-corrected chi connectivity index (χ1v) is 7.44. The lowest BCUT2D eigenvalue weighted by Gasteiger charge is -2.23. The summed E-state index contributed by atoms with van der Waals surface area (Å²) in [6, 6.07) is 0. The molecule has 0 heterocycles. The SMILES string of the molecule is O=C(O)CCCCCCCCCC[C@@H]1CCC1=O. The van der Waals surface area contributed by atoms with Crippen LogP contribution < -0.4 is 0 Å². The van der Waals surface area contributed by atoms with Crippen LogP contribution in [-0.4, -0.2) is 16.9 Å². The Bertz CT molecular complexity index is 260. The van der Waals surface area contributed by atoms with Gasteiger partial charge in [0.05, 0.1) is 0 Å². The van der Waals surface area contributed by atoms with Crippen LogP contribution in [0.15, 0.2) is 0 Å². The molecule has 0 spiro atoms. The number of hydrogen-bond donors (Lipinski definition) is 1. The third-order valence-electron chi connectivity index (χ3n) is 3.89. The van der Waals surface area contributed by atoms with Crippen LogP contribution >= 0.6 is 0 Å². The van der Waals surface area contributed by atoms with Gasteiger partial charge in [-0.05, 0) is 19.3 Å². The lowest BCUT2D eigenvalue weighted by molar-refractivity contribution is -0.137. The number of ketones is 1. The second-order valence-corrected chi connectivity index (χ2v) is 5.46. The molecule has 1 rings (SSSR count). The van der Waals surface area contributed by atoms with E-state index in [1.54, 1.807) is 0 Å². The first-order chi connectivity index (χ1) is 8.70. The molecule has 1 fully saturated rings. The van der Waals surface area contributed by atoms with Crippen LogP contribution in [-0.2, 0) is 9.59 Å². The Morgan fingerprint density at radius 3 is 2.00 bits per heavy atom. The van der Waals surface area contributed by atoms with Gasteiger partial charge in [0.2, 0.25) is 0 Å². The van der Waals surface area contributed by atoms with Crippen molar-refractivity contribution in [2.24, 2.45) is 5.92 Å². The van der Waals surface area contributed by atoms with E-state index in [0.717, 1.165) is 38.5 Å². The third-order valence-corrected chi connectivity index (χ3v) is 3.89. The Balaban J connectivity index is 1.73. The van der Waals surface area contributed by atoms with Crippen LogP contribution in [0, 0.1) is 5.92 Å². The van der Waals surface area contributed by atoms with E-state index in [0.29, 0.717) is 18.1 Å². The number of carbonyl (C=O) groups excluding carboxylic acids is 1. The molecule has 0 amide bonds. The highest BCUT2D eigenvalue weighted by Crippen LogP contribution is 2.27. The highest BCUT2D eigenvalue weighted by molar-refractivity contribution is 5.86. The Labute approximate surface area is 110 Å². The van der Waals surface area contributed by atoms with Crippen molar-refractivity contribution in [3.05, 3.63) is 0 Å². The van der Waals surface area contributed by atoms with Crippen LogP contribution in [0.3, 0.4) is 0 Å². The summed E-state index contributed by atoms with van der Waals surface area (Å²) in [6.07, 6.45) is 12.6. The Kier molecular flexibility index (Phi) is 7.70. The lowest BCUT2D eigenvalue weighted by atomic mass is 9.80.